The number of aromatic nitrogens is 2. The van der Waals surface area contributed by atoms with Crippen molar-refractivity contribution in [1.82, 2.24) is 20.8 Å². The van der Waals surface area contributed by atoms with Crippen molar-refractivity contribution in [2.24, 2.45) is 0 Å². The predicted octanol–water partition coefficient (Wildman–Crippen LogP) is -0.577. The van der Waals surface area contributed by atoms with Gasteiger partial charge in [-0.3, -0.25) is 14.9 Å². The Bertz CT molecular complexity index is 475. The second kappa shape index (κ2) is 7.26. The molecular weight excluding hydrogens is 274 g/mol. The number of carboxylic acids is 1. The van der Waals surface area contributed by atoms with Crippen LogP contribution in [0, 0.1) is 0 Å². The number of amides is 3. The Balaban J connectivity index is 2.27. The molecule has 9 nitrogen and oxygen atoms in total. The van der Waals surface area contributed by atoms with Crippen LogP contribution >= 0.6 is 11.3 Å². The number of carbonyl (C=O) groups excluding carboxylic acids is 2. The monoisotopic (exact) mass is 287 g/mol. The van der Waals surface area contributed by atoms with Gasteiger partial charge in [-0.05, 0) is 6.42 Å². The quantitative estimate of drug-likeness (QED) is 0.553. The third-order valence-corrected chi connectivity index (χ3v) is 2.82. The molecule has 0 aliphatic carbocycles. The van der Waals surface area contributed by atoms with Gasteiger partial charge in [-0.1, -0.05) is 18.3 Å². The fourth-order valence-electron chi connectivity index (χ4n) is 0.986. The summed E-state index contributed by atoms with van der Waals surface area (Å²) >= 11 is 1.24. The van der Waals surface area contributed by atoms with Crippen LogP contribution < -0.4 is 16.0 Å². The molecule has 1 rings (SSSR count). The summed E-state index contributed by atoms with van der Waals surface area (Å²) in [7, 11) is 0. The van der Waals surface area contributed by atoms with Gasteiger partial charge in [-0.2, -0.15) is 0 Å². The van der Waals surface area contributed by atoms with E-state index < -0.39 is 24.5 Å². The summed E-state index contributed by atoms with van der Waals surface area (Å²) < 4.78 is 0. The maximum absolute atomic E-state index is 11.4. The largest absolute Gasteiger partial charge is 0.480 e. The lowest BCUT2D eigenvalue weighted by Crippen LogP contribution is -2.40. The maximum atomic E-state index is 11.4. The first-order valence-corrected chi connectivity index (χ1v) is 6.18. The molecule has 0 saturated heterocycles. The number of aliphatic carboxylic acids is 1. The number of urea groups is 1. The van der Waals surface area contributed by atoms with Crippen LogP contribution in [0.5, 0.6) is 0 Å². The number of nitrogens with one attached hydrogen (secondary N) is 3. The second-order valence-electron chi connectivity index (χ2n) is 3.33. The third kappa shape index (κ3) is 5.77. The Kier molecular flexibility index (Phi) is 5.67. The van der Waals surface area contributed by atoms with Gasteiger partial charge in [0.1, 0.15) is 11.6 Å². The number of carboxylic acid groups (broad SMARTS) is 1. The van der Waals surface area contributed by atoms with E-state index in [1.54, 1.807) is 0 Å². The minimum absolute atomic E-state index is 0.321. The second-order valence-corrected chi connectivity index (χ2v) is 4.39. The van der Waals surface area contributed by atoms with Gasteiger partial charge >= 0.3 is 12.0 Å². The molecule has 0 aliphatic heterocycles. The zero-order valence-electron chi connectivity index (χ0n) is 10.1. The van der Waals surface area contributed by atoms with E-state index in [4.69, 9.17) is 5.11 Å². The standard InChI is InChI=1S/C9H13N5O4S/c1-2-6-13-14-9(19-6)12-8(18)11-3-5(15)10-4-7(16)17/h2-4H2,1H3,(H,10,15)(H,16,17)(H2,11,12,14,18). The summed E-state index contributed by atoms with van der Waals surface area (Å²) in [6, 6.07) is -0.607. The lowest BCUT2D eigenvalue weighted by molar-refractivity contribution is -0.137. The smallest absolute Gasteiger partial charge is 0.322 e. The van der Waals surface area contributed by atoms with Gasteiger partial charge in [0.2, 0.25) is 11.0 Å². The Labute approximate surface area is 112 Å². The van der Waals surface area contributed by atoms with E-state index in [1.165, 1.54) is 11.3 Å². The highest BCUT2D eigenvalue weighted by Crippen LogP contribution is 2.14. The van der Waals surface area contributed by atoms with Crippen molar-refractivity contribution >= 4 is 34.4 Å². The normalized spacial score (nSPS) is 9.74. The van der Waals surface area contributed by atoms with E-state index in [0.29, 0.717) is 5.13 Å². The summed E-state index contributed by atoms with van der Waals surface area (Å²) in [5.41, 5.74) is 0. The van der Waals surface area contributed by atoms with Crippen LogP contribution in [0.15, 0.2) is 0 Å². The molecule has 0 bridgehead atoms. The van der Waals surface area contributed by atoms with E-state index in [1.807, 2.05) is 6.92 Å². The molecule has 4 N–H and O–H groups in total. The minimum Gasteiger partial charge on any atom is -0.480 e. The van der Waals surface area contributed by atoms with Crippen molar-refractivity contribution in [2.75, 3.05) is 18.4 Å². The zero-order valence-corrected chi connectivity index (χ0v) is 10.9. The van der Waals surface area contributed by atoms with Gasteiger partial charge in [-0.15, -0.1) is 10.2 Å². The highest BCUT2D eigenvalue weighted by atomic mass is 32.1. The molecule has 10 heteroatoms. The van der Waals surface area contributed by atoms with Crippen LogP contribution in [0.25, 0.3) is 0 Å². The Morgan fingerprint density at radius 1 is 1.21 bits per heavy atom. The summed E-state index contributed by atoms with van der Waals surface area (Å²) in [6.07, 6.45) is 0.721. The molecule has 19 heavy (non-hydrogen) atoms. The van der Waals surface area contributed by atoms with Crippen LogP contribution in [0.2, 0.25) is 0 Å². The highest BCUT2D eigenvalue weighted by Gasteiger charge is 2.09. The first-order valence-electron chi connectivity index (χ1n) is 5.37. The Morgan fingerprint density at radius 3 is 2.53 bits per heavy atom. The van der Waals surface area contributed by atoms with E-state index in [-0.39, 0.29) is 6.54 Å². The molecule has 0 unspecified atom stereocenters. The third-order valence-electron chi connectivity index (χ3n) is 1.84. The SMILES string of the molecule is CCc1nnc(NC(=O)NCC(=O)NCC(=O)O)s1. The van der Waals surface area contributed by atoms with E-state index in [9.17, 15) is 14.4 Å². The summed E-state index contributed by atoms with van der Waals surface area (Å²) in [6.45, 7) is 1.11. The molecular formula is C9H13N5O4S. The summed E-state index contributed by atoms with van der Waals surface area (Å²) in [5.74, 6) is -1.75. The molecule has 1 heterocycles. The van der Waals surface area contributed by atoms with Crippen molar-refractivity contribution < 1.29 is 19.5 Å². The van der Waals surface area contributed by atoms with Gasteiger partial charge in [0, 0.05) is 0 Å². The van der Waals surface area contributed by atoms with Crippen molar-refractivity contribution in [2.45, 2.75) is 13.3 Å². The number of hydrogen-bond donors (Lipinski definition) is 4. The van der Waals surface area contributed by atoms with Gasteiger partial charge in [0.05, 0.1) is 6.54 Å². The number of rotatable bonds is 6. The van der Waals surface area contributed by atoms with Gasteiger partial charge in [0.25, 0.3) is 0 Å². The Morgan fingerprint density at radius 2 is 1.95 bits per heavy atom. The fraction of sp³-hybridized carbons (Fsp3) is 0.444. The van der Waals surface area contributed by atoms with Gasteiger partial charge in [-0.25, -0.2) is 4.79 Å². The van der Waals surface area contributed by atoms with Crippen LogP contribution in [0.4, 0.5) is 9.93 Å². The molecule has 3 amide bonds. The molecule has 1 aromatic rings. The summed E-state index contributed by atoms with van der Waals surface area (Å²) in [5, 5.41) is 23.8. The van der Waals surface area contributed by atoms with E-state index in [0.717, 1.165) is 11.4 Å². The number of anilines is 1. The van der Waals surface area contributed by atoms with Crippen molar-refractivity contribution in [1.29, 1.82) is 0 Å². The first-order chi connectivity index (χ1) is 9.01. The predicted molar refractivity (Wildman–Crippen MR) is 67.0 cm³/mol. The lowest BCUT2D eigenvalue weighted by atomic mass is 10.5. The molecule has 0 saturated carbocycles. The summed E-state index contributed by atoms with van der Waals surface area (Å²) in [4.78, 5) is 32.7. The number of nitrogens with zero attached hydrogens (tertiary/aromatic N) is 2. The lowest BCUT2D eigenvalue weighted by Gasteiger charge is -2.04. The number of aryl methyl sites for hydroxylation is 1. The highest BCUT2D eigenvalue weighted by molar-refractivity contribution is 7.15. The van der Waals surface area contributed by atoms with E-state index in [2.05, 4.69) is 26.1 Å². The molecule has 0 spiro atoms. The zero-order chi connectivity index (χ0) is 14.3. The average molecular weight is 287 g/mol. The van der Waals surface area contributed by atoms with Crippen LogP contribution in [-0.2, 0) is 16.0 Å². The molecule has 0 radical (unpaired) electrons. The fourth-order valence-corrected chi connectivity index (χ4v) is 1.66. The average Bonchev–Trinajstić information content (AvgIpc) is 2.81. The molecule has 104 valence electrons. The molecule has 0 aromatic carbocycles. The maximum Gasteiger partial charge on any atom is 0.322 e. The minimum atomic E-state index is -1.15. The van der Waals surface area contributed by atoms with Crippen molar-refractivity contribution in [3.63, 3.8) is 0 Å². The first kappa shape index (κ1) is 14.8. The van der Waals surface area contributed by atoms with Crippen LogP contribution in [0.1, 0.15) is 11.9 Å². The number of hydrogen-bond acceptors (Lipinski definition) is 6. The van der Waals surface area contributed by atoms with Crippen molar-refractivity contribution in [3.8, 4) is 0 Å². The Hall–Kier alpha value is -2.23. The van der Waals surface area contributed by atoms with E-state index >= 15 is 0 Å². The number of carbonyl (C=O) groups is 3. The van der Waals surface area contributed by atoms with Gasteiger partial charge < -0.3 is 15.7 Å². The molecule has 1 aromatic heterocycles. The van der Waals surface area contributed by atoms with Crippen LogP contribution in [-0.4, -0.2) is 46.3 Å². The van der Waals surface area contributed by atoms with Crippen molar-refractivity contribution in [3.05, 3.63) is 5.01 Å². The molecule has 0 atom stereocenters. The van der Waals surface area contributed by atoms with Crippen LogP contribution in [0.3, 0.4) is 0 Å². The molecule has 0 fully saturated rings. The molecule has 0 aliphatic rings. The topological polar surface area (TPSA) is 133 Å². The van der Waals surface area contributed by atoms with Gasteiger partial charge in [0.15, 0.2) is 0 Å².